The first-order valence-corrected chi connectivity index (χ1v) is 11.3. The second kappa shape index (κ2) is 9.45. The molecule has 0 radical (unpaired) electrons. The van der Waals surface area contributed by atoms with Crippen molar-refractivity contribution in [2.24, 2.45) is 0 Å². The van der Waals surface area contributed by atoms with Gasteiger partial charge in [0.1, 0.15) is 10.6 Å². The number of thioether (sulfide) groups is 1. The predicted octanol–water partition coefficient (Wildman–Crippen LogP) is 4.37. The van der Waals surface area contributed by atoms with Crippen molar-refractivity contribution in [3.05, 3.63) is 45.1 Å². The van der Waals surface area contributed by atoms with Crippen molar-refractivity contribution in [2.75, 3.05) is 19.5 Å². The van der Waals surface area contributed by atoms with Crippen LogP contribution in [-0.4, -0.2) is 35.0 Å². The van der Waals surface area contributed by atoms with E-state index in [9.17, 15) is 9.59 Å². The number of carbonyl (C=O) groups excluding carboxylic acids is 1. The van der Waals surface area contributed by atoms with Gasteiger partial charge in [-0.05, 0) is 50.1 Å². The van der Waals surface area contributed by atoms with E-state index in [2.05, 4.69) is 6.92 Å². The van der Waals surface area contributed by atoms with E-state index in [1.54, 1.807) is 42.1 Å². The zero-order valence-electron chi connectivity index (χ0n) is 17.0. The number of fused-ring (bicyclic) bond motifs is 1. The van der Waals surface area contributed by atoms with Gasteiger partial charge in [-0.1, -0.05) is 25.1 Å². The molecule has 29 heavy (non-hydrogen) atoms. The number of hydrogen-bond donors (Lipinski definition) is 0. The lowest BCUT2D eigenvalue weighted by Gasteiger charge is -2.12. The van der Waals surface area contributed by atoms with Gasteiger partial charge < -0.3 is 9.47 Å². The van der Waals surface area contributed by atoms with Crippen molar-refractivity contribution in [3.8, 4) is 11.4 Å². The third kappa shape index (κ3) is 4.48. The highest BCUT2D eigenvalue weighted by Crippen LogP contribution is 2.31. The van der Waals surface area contributed by atoms with Gasteiger partial charge in [0.05, 0.1) is 30.5 Å². The van der Waals surface area contributed by atoms with Crippen LogP contribution in [0.3, 0.4) is 0 Å². The summed E-state index contributed by atoms with van der Waals surface area (Å²) in [6.45, 7) is 6.19. The summed E-state index contributed by atoms with van der Waals surface area (Å²) in [5.41, 5.74) is 1.55. The van der Waals surface area contributed by atoms with Gasteiger partial charge in [-0.25, -0.2) is 4.98 Å². The lowest BCUT2D eigenvalue weighted by molar-refractivity contribution is -0.139. The summed E-state index contributed by atoms with van der Waals surface area (Å²) in [5.74, 6) is 0.462. The van der Waals surface area contributed by atoms with Gasteiger partial charge in [0.15, 0.2) is 5.16 Å². The van der Waals surface area contributed by atoms with Gasteiger partial charge >= 0.3 is 5.97 Å². The van der Waals surface area contributed by atoms with E-state index in [1.165, 1.54) is 16.6 Å². The molecule has 0 aliphatic rings. The molecule has 0 aliphatic heterocycles. The van der Waals surface area contributed by atoms with E-state index in [1.807, 2.05) is 19.1 Å². The summed E-state index contributed by atoms with van der Waals surface area (Å²) < 4.78 is 11.8. The molecule has 3 rings (SSSR count). The number of aromatic nitrogens is 2. The molecule has 0 fully saturated rings. The number of aryl methyl sites for hydroxylation is 2. The Hall–Kier alpha value is -2.32. The van der Waals surface area contributed by atoms with Crippen molar-refractivity contribution >= 4 is 39.3 Å². The maximum Gasteiger partial charge on any atom is 0.316 e. The first-order chi connectivity index (χ1) is 14.0. The Morgan fingerprint density at radius 3 is 2.59 bits per heavy atom. The summed E-state index contributed by atoms with van der Waals surface area (Å²) in [7, 11) is 1.60. The number of thiophene rings is 1. The third-order valence-electron chi connectivity index (χ3n) is 4.46. The second-order valence-electron chi connectivity index (χ2n) is 6.41. The first-order valence-electron chi connectivity index (χ1n) is 9.48. The molecular weight excluding hydrogens is 408 g/mol. The Balaban J connectivity index is 2.16. The minimum absolute atomic E-state index is 0.0914. The van der Waals surface area contributed by atoms with Gasteiger partial charge in [0, 0.05) is 4.88 Å². The normalized spacial score (nSPS) is 11.0. The number of nitrogens with zero attached hydrogens (tertiary/aromatic N) is 2. The van der Waals surface area contributed by atoms with Gasteiger partial charge in [-0.3, -0.25) is 14.2 Å². The highest BCUT2D eigenvalue weighted by Gasteiger charge is 2.20. The minimum atomic E-state index is -0.331. The Kier molecular flexibility index (Phi) is 6.97. The largest absolute Gasteiger partial charge is 0.497 e. The zero-order chi connectivity index (χ0) is 21.0. The van der Waals surface area contributed by atoms with Crippen LogP contribution in [-0.2, 0) is 16.0 Å². The molecular formula is C21H24N2O4S2. The Morgan fingerprint density at radius 2 is 1.97 bits per heavy atom. The summed E-state index contributed by atoms with van der Waals surface area (Å²) in [5, 5.41) is 1.12. The molecule has 0 atom stereocenters. The second-order valence-corrected chi connectivity index (χ2v) is 8.43. The highest BCUT2D eigenvalue weighted by molar-refractivity contribution is 7.99. The molecule has 0 unspecified atom stereocenters. The Labute approximate surface area is 177 Å². The Bertz CT molecular complexity index is 1070. The van der Waals surface area contributed by atoms with Crippen LogP contribution in [0.5, 0.6) is 5.75 Å². The molecule has 2 heterocycles. The first kappa shape index (κ1) is 21.4. The molecule has 0 saturated heterocycles. The molecule has 0 amide bonds. The fourth-order valence-corrected chi connectivity index (χ4v) is 5.19. The number of carbonyl (C=O) groups is 1. The Morgan fingerprint density at radius 1 is 1.24 bits per heavy atom. The zero-order valence-corrected chi connectivity index (χ0v) is 18.6. The number of esters is 1. The van der Waals surface area contributed by atoms with Crippen LogP contribution in [0.2, 0.25) is 0 Å². The number of methoxy groups -OCH3 is 1. The van der Waals surface area contributed by atoms with Crippen LogP contribution >= 0.6 is 23.1 Å². The summed E-state index contributed by atoms with van der Waals surface area (Å²) in [6.07, 6.45) is 1.92. The lowest BCUT2D eigenvalue weighted by Crippen LogP contribution is -2.22. The van der Waals surface area contributed by atoms with E-state index < -0.39 is 0 Å². The van der Waals surface area contributed by atoms with Crippen LogP contribution in [0.1, 0.15) is 30.7 Å². The summed E-state index contributed by atoms with van der Waals surface area (Å²) >= 11 is 2.77. The van der Waals surface area contributed by atoms with Gasteiger partial charge in [0.25, 0.3) is 5.56 Å². The molecule has 3 aromatic rings. The third-order valence-corrected chi connectivity index (χ3v) is 6.62. The molecule has 1 aromatic carbocycles. The average molecular weight is 433 g/mol. The van der Waals surface area contributed by atoms with E-state index >= 15 is 0 Å². The number of hydrogen-bond acceptors (Lipinski definition) is 7. The van der Waals surface area contributed by atoms with Crippen LogP contribution in [0.25, 0.3) is 15.9 Å². The molecule has 154 valence electrons. The van der Waals surface area contributed by atoms with Crippen LogP contribution in [0, 0.1) is 6.92 Å². The van der Waals surface area contributed by atoms with Crippen molar-refractivity contribution in [3.63, 3.8) is 0 Å². The number of ether oxygens (including phenoxy) is 2. The quantitative estimate of drug-likeness (QED) is 0.299. The van der Waals surface area contributed by atoms with Gasteiger partial charge in [0.2, 0.25) is 0 Å². The average Bonchev–Trinajstić information content (AvgIpc) is 3.03. The van der Waals surface area contributed by atoms with Gasteiger partial charge in [-0.15, -0.1) is 11.3 Å². The molecule has 8 heteroatoms. The van der Waals surface area contributed by atoms with E-state index in [0.717, 1.165) is 18.4 Å². The molecule has 2 aromatic heterocycles. The van der Waals surface area contributed by atoms with E-state index in [4.69, 9.17) is 14.5 Å². The van der Waals surface area contributed by atoms with Crippen molar-refractivity contribution in [1.82, 2.24) is 9.55 Å². The van der Waals surface area contributed by atoms with Crippen molar-refractivity contribution < 1.29 is 14.3 Å². The van der Waals surface area contributed by atoms with Crippen LogP contribution < -0.4 is 10.3 Å². The predicted molar refractivity (Wildman–Crippen MR) is 118 cm³/mol. The molecule has 0 aliphatic carbocycles. The number of rotatable bonds is 8. The fraction of sp³-hybridized carbons (Fsp3) is 0.381. The van der Waals surface area contributed by atoms with Crippen molar-refractivity contribution in [1.29, 1.82) is 0 Å². The maximum absolute atomic E-state index is 13.5. The smallest absolute Gasteiger partial charge is 0.316 e. The highest BCUT2D eigenvalue weighted by atomic mass is 32.2. The molecule has 0 N–H and O–H groups in total. The standard InChI is InChI=1S/C21H24N2O4S2/c1-5-7-16-13(3)18-19(29-16)22-21(28-12-17(24)27-6-2)23(20(18)25)14-8-10-15(26-4)11-9-14/h8-11H,5-7,12H2,1-4H3. The molecule has 0 saturated carbocycles. The monoisotopic (exact) mass is 432 g/mol. The summed E-state index contributed by atoms with van der Waals surface area (Å²) in [6, 6.07) is 7.23. The SMILES string of the molecule is CCCc1sc2nc(SCC(=O)OCC)n(-c3ccc(OC)cc3)c(=O)c2c1C. The topological polar surface area (TPSA) is 70.4 Å². The molecule has 0 spiro atoms. The minimum Gasteiger partial charge on any atom is -0.497 e. The molecule has 0 bridgehead atoms. The lowest BCUT2D eigenvalue weighted by atomic mass is 10.1. The van der Waals surface area contributed by atoms with E-state index in [-0.39, 0.29) is 17.3 Å². The van der Waals surface area contributed by atoms with Crippen LogP contribution in [0.4, 0.5) is 0 Å². The van der Waals surface area contributed by atoms with Crippen LogP contribution in [0.15, 0.2) is 34.2 Å². The fourth-order valence-electron chi connectivity index (χ4n) is 3.06. The maximum atomic E-state index is 13.5. The van der Waals surface area contributed by atoms with Crippen molar-refractivity contribution in [2.45, 2.75) is 38.8 Å². The summed E-state index contributed by atoms with van der Waals surface area (Å²) in [4.78, 5) is 32.0. The van der Waals surface area contributed by atoms with Gasteiger partial charge in [-0.2, -0.15) is 0 Å². The van der Waals surface area contributed by atoms with E-state index in [0.29, 0.717) is 33.4 Å². The number of benzene rings is 1. The molecule has 6 nitrogen and oxygen atoms in total.